The molecule has 2 rings (SSSR count). The number of benzene rings is 1. The first-order chi connectivity index (χ1) is 7.74. The first-order valence-corrected chi connectivity index (χ1v) is 5.41. The fourth-order valence-electron chi connectivity index (χ4n) is 1.91. The lowest BCUT2D eigenvalue weighted by atomic mass is 10.2. The zero-order valence-corrected chi connectivity index (χ0v) is 9.62. The Hall–Kier alpha value is -1.55. The fraction of sp³-hybridized carbons (Fsp3) is 0.417. The number of hydrogen-bond acceptors (Lipinski definition) is 2. The summed E-state index contributed by atoms with van der Waals surface area (Å²) in [5.74, 6) is 0. The average molecular weight is 220 g/mol. The lowest BCUT2D eigenvalue weighted by molar-refractivity contribution is 0.190. The van der Waals surface area contributed by atoms with Crippen molar-refractivity contribution in [1.29, 1.82) is 0 Å². The monoisotopic (exact) mass is 220 g/mol. The summed E-state index contributed by atoms with van der Waals surface area (Å²) in [5, 5.41) is 0. The maximum atomic E-state index is 11.8. The quantitative estimate of drug-likeness (QED) is 0.797. The van der Waals surface area contributed by atoms with Crippen LogP contribution in [-0.2, 0) is 11.3 Å². The highest BCUT2D eigenvalue weighted by Gasteiger charge is 2.07. The van der Waals surface area contributed by atoms with Gasteiger partial charge in [0.25, 0.3) is 0 Å². The molecule has 1 aromatic carbocycles. The van der Waals surface area contributed by atoms with Crippen molar-refractivity contribution in [3.05, 3.63) is 34.2 Å². The van der Waals surface area contributed by atoms with Gasteiger partial charge in [-0.05, 0) is 25.0 Å². The lowest BCUT2D eigenvalue weighted by Crippen LogP contribution is -2.17. The molecule has 0 aliphatic carbocycles. The third-order valence-electron chi connectivity index (χ3n) is 2.75. The first kappa shape index (κ1) is 11.0. The summed E-state index contributed by atoms with van der Waals surface area (Å²) in [4.78, 5) is 14.6. The summed E-state index contributed by atoms with van der Waals surface area (Å²) in [6.45, 7) is 3.36. The van der Waals surface area contributed by atoms with Crippen molar-refractivity contribution >= 4 is 11.0 Å². The Morgan fingerprint density at radius 3 is 3.00 bits per heavy atom. The average Bonchev–Trinajstić information content (AvgIpc) is 2.58. The number of methoxy groups -OCH3 is 1. The lowest BCUT2D eigenvalue weighted by Gasteiger charge is -2.02. The van der Waals surface area contributed by atoms with E-state index in [1.807, 2.05) is 25.1 Å². The van der Waals surface area contributed by atoms with E-state index < -0.39 is 0 Å². The highest BCUT2D eigenvalue weighted by atomic mass is 16.5. The number of rotatable bonds is 4. The Kier molecular flexibility index (Phi) is 3.10. The zero-order chi connectivity index (χ0) is 11.5. The van der Waals surface area contributed by atoms with Crippen molar-refractivity contribution < 1.29 is 4.74 Å². The van der Waals surface area contributed by atoms with Crippen molar-refractivity contribution in [1.82, 2.24) is 9.55 Å². The number of aryl methyl sites for hydroxylation is 2. The normalized spacial score (nSPS) is 11.1. The van der Waals surface area contributed by atoms with Crippen LogP contribution in [0, 0.1) is 6.92 Å². The van der Waals surface area contributed by atoms with E-state index in [0.29, 0.717) is 13.2 Å². The molecule has 0 saturated heterocycles. The molecule has 0 aliphatic heterocycles. The first-order valence-electron chi connectivity index (χ1n) is 5.41. The number of fused-ring (bicyclic) bond motifs is 1. The van der Waals surface area contributed by atoms with Gasteiger partial charge in [-0.15, -0.1) is 0 Å². The van der Waals surface area contributed by atoms with E-state index in [1.54, 1.807) is 11.7 Å². The van der Waals surface area contributed by atoms with Gasteiger partial charge in [0, 0.05) is 20.3 Å². The summed E-state index contributed by atoms with van der Waals surface area (Å²) in [6.07, 6.45) is 0.845. The van der Waals surface area contributed by atoms with Gasteiger partial charge in [-0.25, -0.2) is 4.79 Å². The van der Waals surface area contributed by atoms with Crippen molar-refractivity contribution in [2.75, 3.05) is 13.7 Å². The number of nitrogens with zero attached hydrogens (tertiary/aromatic N) is 1. The highest BCUT2D eigenvalue weighted by Crippen LogP contribution is 2.14. The summed E-state index contributed by atoms with van der Waals surface area (Å²) in [5.41, 5.74) is 2.96. The van der Waals surface area contributed by atoms with Gasteiger partial charge in [-0.1, -0.05) is 12.1 Å². The maximum Gasteiger partial charge on any atom is 0.326 e. The van der Waals surface area contributed by atoms with Crippen LogP contribution in [0.1, 0.15) is 12.0 Å². The van der Waals surface area contributed by atoms with Crippen LogP contribution in [0.25, 0.3) is 11.0 Å². The molecule has 1 heterocycles. The van der Waals surface area contributed by atoms with Crippen LogP contribution in [0.2, 0.25) is 0 Å². The SMILES string of the molecule is COCCCn1c(=O)[nH]c2c(C)cccc21. The van der Waals surface area contributed by atoms with E-state index in [0.717, 1.165) is 23.0 Å². The fourth-order valence-corrected chi connectivity index (χ4v) is 1.91. The van der Waals surface area contributed by atoms with Gasteiger partial charge in [0.1, 0.15) is 0 Å². The number of imidazole rings is 1. The zero-order valence-electron chi connectivity index (χ0n) is 9.62. The molecular weight excluding hydrogens is 204 g/mol. The second-order valence-corrected chi connectivity index (χ2v) is 3.90. The summed E-state index contributed by atoms with van der Waals surface area (Å²) < 4.78 is 6.76. The van der Waals surface area contributed by atoms with E-state index in [-0.39, 0.29) is 5.69 Å². The van der Waals surface area contributed by atoms with E-state index in [4.69, 9.17) is 4.74 Å². The second kappa shape index (κ2) is 4.53. The minimum absolute atomic E-state index is 0.0413. The van der Waals surface area contributed by atoms with Gasteiger partial charge in [0.05, 0.1) is 11.0 Å². The second-order valence-electron chi connectivity index (χ2n) is 3.90. The Morgan fingerprint density at radius 2 is 2.25 bits per heavy atom. The molecule has 2 aromatic rings. The smallest absolute Gasteiger partial charge is 0.326 e. The number of nitrogens with one attached hydrogen (secondary N) is 1. The van der Waals surface area contributed by atoms with Gasteiger partial charge in [0.15, 0.2) is 0 Å². The van der Waals surface area contributed by atoms with Crippen LogP contribution in [0.15, 0.2) is 23.0 Å². The summed E-state index contributed by atoms with van der Waals surface area (Å²) >= 11 is 0. The molecule has 1 N–H and O–H groups in total. The molecule has 0 spiro atoms. The van der Waals surface area contributed by atoms with Crippen LogP contribution in [0.3, 0.4) is 0 Å². The number of para-hydroxylation sites is 1. The van der Waals surface area contributed by atoms with Crippen molar-refractivity contribution in [2.24, 2.45) is 0 Å². The van der Waals surface area contributed by atoms with Gasteiger partial charge < -0.3 is 9.72 Å². The third-order valence-corrected chi connectivity index (χ3v) is 2.75. The number of aromatic amines is 1. The number of ether oxygens (including phenoxy) is 1. The highest BCUT2D eigenvalue weighted by molar-refractivity contribution is 5.78. The molecule has 0 amide bonds. The molecule has 0 fully saturated rings. The Bertz CT molecular complexity index is 539. The van der Waals surface area contributed by atoms with Crippen molar-refractivity contribution in [3.8, 4) is 0 Å². The molecule has 86 valence electrons. The standard InChI is InChI=1S/C12H16N2O2/c1-9-5-3-6-10-11(9)13-12(15)14(10)7-4-8-16-2/h3,5-6H,4,7-8H2,1-2H3,(H,13,15). The van der Waals surface area contributed by atoms with Crippen LogP contribution in [-0.4, -0.2) is 23.3 Å². The minimum Gasteiger partial charge on any atom is -0.385 e. The number of H-pyrrole nitrogens is 1. The predicted octanol–water partition coefficient (Wildman–Crippen LogP) is 1.67. The van der Waals surface area contributed by atoms with E-state index in [9.17, 15) is 4.79 Å². The molecule has 16 heavy (non-hydrogen) atoms. The number of hydrogen-bond donors (Lipinski definition) is 1. The molecule has 0 atom stereocenters. The van der Waals surface area contributed by atoms with E-state index in [1.165, 1.54) is 0 Å². The molecule has 4 nitrogen and oxygen atoms in total. The van der Waals surface area contributed by atoms with Gasteiger partial charge in [-0.2, -0.15) is 0 Å². The molecule has 0 aliphatic rings. The molecule has 0 saturated carbocycles. The Labute approximate surface area is 93.9 Å². The largest absolute Gasteiger partial charge is 0.385 e. The van der Waals surface area contributed by atoms with Gasteiger partial charge in [-0.3, -0.25) is 4.57 Å². The van der Waals surface area contributed by atoms with Crippen molar-refractivity contribution in [3.63, 3.8) is 0 Å². The van der Waals surface area contributed by atoms with Crippen molar-refractivity contribution in [2.45, 2.75) is 19.9 Å². The van der Waals surface area contributed by atoms with Crippen LogP contribution in [0.5, 0.6) is 0 Å². The van der Waals surface area contributed by atoms with Gasteiger partial charge in [0.2, 0.25) is 0 Å². The molecule has 0 unspecified atom stereocenters. The Balaban J connectivity index is 2.40. The van der Waals surface area contributed by atoms with Gasteiger partial charge >= 0.3 is 5.69 Å². The van der Waals surface area contributed by atoms with Crippen LogP contribution in [0.4, 0.5) is 0 Å². The molecular formula is C12H16N2O2. The maximum absolute atomic E-state index is 11.8. The number of aromatic nitrogens is 2. The molecule has 4 heteroatoms. The van der Waals surface area contributed by atoms with E-state index >= 15 is 0 Å². The van der Waals surface area contributed by atoms with Crippen LogP contribution >= 0.6 is 0 Å². The summed E-state index contributed by atoms with van der Waals surface area (Å²) in [7, 11) is 1.67. The third kappa shape index (κ3) is 1.88. The Morgan fingerprint density at radius 1 is 1.44 bits per heavy atom. The summed E-state index contributed by atoms with van der Waals surface area (Å²) in [6, 6.07) is 5.93. The van der Waals surface area contributed by atoms with Crippen LogP contribution < -0.4 is 5.69 Å². The molecule has 0 radical (unpaired) electrons. The predicted molar refractivity (Wildman–Crippen MR) is 63.8 cm³/mol. The molecule has 1 aromatic heterocycles. The molecule has 0 bridgehead atoms. The van der Waals surface area contributed by atoms with E-state index in [2.05, 4.69) is 4.98 Å². The minimum atomic E-state index is -0.0413. The topological polar surface area (TPSA) is 47.0 Å².